The summed E-state index contributed by atoms with van der Waals surface area (Å²) in [5, 5.41) is 14.3. The van der Waals surface area contributed by atoms with Crippen LogP contribution in [-0.4, -0.2) is 26.8 Å². The van der Waals surface area contributed by atoms with Gasteiger partial charge in [-0.05, 0) is 0 Å². The predicted molar refractivity (Wildman–Crippen MR) is 42.7 cm³/mol. The van der Waals surface area contributed by atoms with Gasteiger partial charge in [0.25, 0.3) is 0 Å². The van der Waals surface area contributed by atoms with E-state index >= 15 is 0 Å². The Kier molecular flexibility index (Phi) is 2.63. The number of carbonyl (C=O) groups is 2. The van der Waals surface area contributed by atoms with Crippen LogP contribution in [0, 0.1) is 0 Å². The van der Waals surface area contributed by atoms with E-state index in [1.54, 1.807) is 24.1 Å². The Morgan fingerprint density at radius 3 is 2.85 bits per heavy atom. The van der Waals surface area contributed by atoms with Crippen molar-refractivity contribution in [3.8, 4) is 0 Å². The van der Waals surface area contributed by atoms with Gasteiger partial charge in [0.15, 0.2) is 0 Å². The molecule has 0 bridgehead atoms. The molecule has 0 atom stereocenters. The van der Waals surface area contributed by atoms with Gasteiger partial charge < -0.3 is 10.4 Å². The van der Waals surface area contributed by atoms with Gasteiger partial charge in [0.1, 0.15) is 0 Å². The number of amides is 1. The normalized spacial score (nSPS) is 9.62. The van der Waals surface area contributed by atoms with Crippen LogP contribution in [0.4, 0.5) is 0 Å². The molecular formula is C7H9N3O3. The summed E-state index contributed by atoms with van der Waals surface area (Å²) < 4.78 is 1.57. The average molecular weight is 183 g/mol. The standard InChI is InChI=1S/C7H9N3O3/c1-10-4-5(3-9-10)2-8-6(11)7(12)13/h3-4H,2H2,1H3,(H,8,11)(H,12,13). The Morgan fingerprint density at radius 2 is 2.38 bits per heavy atom. The van der Waals surface area contributed by atoms with Gasteiger partial charge in [0.05, 0.1) is 6.20 Å². The molecule has 1 aromatic rings. The Hall–Kier alpha value is -1.85. The van der Waals surface area contributed by atoms with E-state index in [0.29, 0.717) is 0 Å². The van der Waals surface area contributed by atoms with Crippen LogP contribution in [0.2, 0.25) is 0 Å². The molecule has 0 saturated heterocycles. The van der Waals surface area contributed by atoms with Crippen molar-refractivity contribution in [2.75, 3.05) is 0 Å². The van der Waals surface area contributed by atoms with Crippen molar-refractivity contribution < 1.29 is 14.7 Å². The van der Waals surface area contributed by atoms with Crippen molar-refractivity contribution in [2.24, 2.45) is 7.05 Å². The van der Waals surface area contributed by atoms with Crippen LogP contribution in [0.5, 0.6) is 0 Å². The molecule has 0 unspecified atom stereocenters. The second-order valence-electron chi connectivity index (χ2n) is 2.51. The van der Waals surface area contributed by atoms with Crippen LogP contribution in [0.1, 0.15) is 5.56 Å². The largest absolute Gasteiger partial charge is 0.474 e. The van der Waals surface area contributed by atoms with Gasteiger partial charge in [0.2, 0.25) is 0 Å². The van der Waals surface area contributed by atoms with E-state index in [-0.39, 0.29) is 6.54 Å². The molecule has 0 aromatic carbocycles. The van der Waals surface area contributed by atoms with Crippen molar-refractivity contribution in [1.29, 1.82) is 0 Å². The highest BCUT2D eigenvalue weighted by molar-refractivity contribution is 6.31. The predicted octanol–water partition coefficient (Wildman–Crippen LogP) is -0.879. The van der Waals surface area contributed by atoms with E-state index in [1.807, 2.05) is 0 Å². The third kappa shape index (κ3) is 2.58. The summed E-state index contributed by atoms with van der Waals surface area (Å²) in [5.74, 6) is -2.49. The first-order valence-electron chi connectivity index (χ1n) is 3.58. The Balaban J connectivity index is 2.44. The summed E-state index contributed by atoms with van der Waals surface area (Å²) in [6.07, 6.45) is 3.25. The molecule has 2 N–H and O–H groups in total. The van der Waals surface area contributed by atoms with Crippen molar-refractivity contribution in [3.05, 3.63) is 18.0 Å². The molecule has 1 rings (SSSR count). The van der Waals surface area contributed by atoms with Gasteiger partial charge in [-0.25, -0.2) is 4.79 Å². The van der Waals surface area contributed by atoms with Gasteiger partial charge in [-0.2, -0.15) is 5.10 Å². The number of nitrogens with one attached hydrogen (secondary N) is 1. The van der Waals surface area contributed by atoms with E-state index in [0.717, 1.165) is 5.56 Å². The molecule has 6 nitrogen and oxygen atoms in total. The number of carboxylic acid groups (broad SMARTS) is 1. The monoisotopic (exact) mass is 183 g/mol. The maximum atomic E-state index is 10.6. The highest BCUT2D eigenvalue weighted by Gasteiger charge is 2.09. The summed E-state index contributed by atoms with van der Waals surface area (Å²) in [7, 11) is 1.74. The molecule has 70 valence electrons. The molecule has 0 fully saturated rings. The summed E-state index contributed by atoms with van der Waals surface area (Å²) in [6, 6.07) is 0. The minimum atomic E-state index is -1.48. The number of carbonyl (C=O) groups excluding carboxylic acids is 1. The lowest BCUT2D eigenvalue weighted by molar-refractivity contribution is -0.150. The van der Waals surface area contributed by atoms with Crippen molar-refractivity contribution in [2.45, 2.75) is 6.54 Å². The molecule has 0 saturated carbocycles. The highest BCUT2D eigenvalue weighted by atomic mass is 16.4. The fourth-order valence-electron chi connectivity index (χ4n) is 0.821. The van der Waals surface area contributed by atoms with E-state index < -0.39 is 11.9 Å². The van der Waals surface area contributed by atoms with Gasteiger partial charge in [0, 0.05) is 25.4 Å². The van der Waals surface area contributed by atoms with E-state index in [4.69, 9.17) is 5.11 Å². The van der Waals surface area contributed by atoms with Gasteiger partial charge >= 0.3 is 11.9 Å². The Morgan fingerprint density at radius 1 is 1.69 bits per heavy atom. The van der Waals surface area contributed by atoms with Crippen LogP contribution in [-0.2, 0) is 23.2 Å². The maximum absolute atomic E-state index is 10.6. The second-order valence-corrected chi connectivity index (χ2v) is 2.51. The lowest BCUT2D eigenvalue weighted by Crippen LogP contribution is -2.29. The quantitative estimate of drug-likeness (QED) is 0.583. The fourth-order valence-corrected chi connectivity index (χ4v) is 0.821. The van der Waals surface area contributed by atoms with Crippen molar-refractivity contribution in [3.63, 3.8) is 0 Å². The maximum Gasteiger partial charge on any atom is 0.394 e. The summed E-state index contributed by atoms with van der Waals surface area (Å²) in [5.41, 5.74) is 0.761. The smallest absolute Gasteiger partial charge is 0.394 e. The number of nitrogens with zero attached hydrogens (tertiary/aromatic N) is 2. The van der Waals surface area contributed by atoms with E-state index in [9.17, 15) is 9.59 Å². The molecule has 1 amide bonds. The minimum absolute atomic E-state index is 0.180. The van der Waals surface area contributed by atoms with Gasteiger partial charge in [-0.3, -0.25) is 9.48 Å². The molecule has 0 aliphatic heterocycles. The third-order valence-corrected chi connectivity index (χ3v) is 1.41. The molecule has 13 heavy (non-hydrogen) atoms. The molecule has 0 radical (unpaired) electrons. The first-order valence-corrected chi connectivity index (χ1v) is 3.58. The molecule has 1 heterocycles. The summed E-state index contributed by atoms with van der Waals surface area (Å²) >= 11 is 0. The fraction of sp³-hybridized carbons (Fsp3) is 0.286. The number of aliphatic carboxylic acids is 1. The summed E-state index contributed by atoms with van der Waals surface area (Å²) in [4.78, 5) is 20.7. The molecule has 6 heteroatoms. The number of hydrogen-bond donors (Lipinski definition) is 2. The SMILES string of the molecule is Cn1cc(CNC(=O)C(=O)O)cn1. The van der Waals surface area contributed by atoms with Crippen LogP contribution >= 0.6 is 0 Å². The van der Waals surface area contributed by atoms with E-state index in [1.165, 1.54) is 0 Å². The van der Waals surface area contributed by atoms with Crippen LogP contribution in [0.25, 0.3) is 0 Å². The molecule has 0 aliphatic carbocycles. The number of carboxylic acids is 1. The van der Waals surface area contributed by atoms with Crippen LogP contribution < -0.4 is 5.32 Å². The first-order chi connectivity index (χ1) is 6.09. The van der Waals surface area contributed by atoms with Gasteiger partial charge in [-0.1, -0.05) is 0 Å². The lowest BCUT2D eigenvalue weighted by Gasteiger charge is -1.97. The van der Waals surface area contributed by atoms with Crippen LogP contribution in [0.3, 0.4) is 0 Å². The number of rotatable bonds is 2. The third-order valence-electron chi connectivity index (χ3n) is 1.41. The van der Waals surface area contributed by atoms with Crippen LogP contribution in [0.15, 0.2) is 12.4 Å². The second kappa shape index (κ2) is 3.70. The molecule has 0 aliphatic rings. The molecule has 0 spiro atoms. The molecular weight excluding hydrogens is 174 g/mol. The highest BCUT2D eigenvalue weighted by Crippen LogP contribution is 1.94. The Labute approximate surface area is 74.2 Å². The topological polar surface area (TPSA) is 84.2 Å². The zero-order valence-corrected chi connectivity index (χ0v) is 7.02. The Bertz CT molecular complexity index is 331. The number of hydrogen-bond acceptors (Lipinski definition) is 3. The first kappa shape index (κ1) is 9.24. The molecule has 1 aromatic heterocycles. The van der Waals surface area contributed by atoms with Crippen molar-refractivity contribution >= 4 is 11.9 Å². The van der Waals surface area contributed by atoms with E-state index in [2.05, 4.69) is 10.4 Å². The zero-order chi connectivity index (χ0) is 9.84. The summed E-state index contributed by atoms with van der Waals surface area (Å²) in [6.45, 7) is 0.180. The minimum Gasteiger partial charge on any atom is -0.474 e. The lowest BCUT2D eigenvalue weighted by atomic mass is 10.3. The van der Waals surface area contributed by atoms with Gasteiger partial charge in [-0.15, -0.1) is 0 Å². The number of aromatic nitrogens is 2. The zero-order valence-electron chi connectivity index (χ0n) is 7.02. The number of aryl methyl sites for hydroxylation is 1. The average Bonchev–Trinajstić information content (AvgIpc) is 2.47. The van der Waals surface area contributed by atoms with Crippen molar-refractivity contribution in [1.82, 2.24) is 15.1 Å².